The Hall–Kier alpha value is -1.11. The summed E-state index contributed by atoms with van der Waals surface area (Å²) in [6.45, 7) is 1.99. The number of nitrogens with zero attached hydrogens (tertiary/aromatic N) is 3. The van der Waals surface area contributed by atoms with Gasteiger partial charge < -0.3 is 19.8 Å². The molecule has 6 heteroatoms. The van der Waals surface area contributed by atoms with Crippen molar-refractivity contribution < 1.29 is 10.0 Å². The van der Waals surface area contributed by atoms with Gasteiger partial charge in [-0.3, -0.25) is 0 Å². The fraction of sp³-hybridized carbons (Fsp3) is 0.583. The predicted octanol–water partition coefficient (Wildman–Crippen LogP) is -0.708. The Labute approximate surface area is 108 Å². The van der Waals surface area contributed by atoms with Crippen LogP contribution >= 0.6 is 0 Å². The van der Waals surface area contributed by atoms with Gasteiger partial charge in [-0.25, -0.2) is 4.98 Å². The van der Waals surface area contributed by atoms with E-state index in [-0.39, 0.29) is 0 Å². The number of hydrogen-bond donors (Lipinski definition) is 2. The van der Waals surface area contributed by atoms with E-state index in [0.717, 1.165) is 31.7 Å². The third-order valence-electron chi connectivity index (χ3n) is 3.59. The van der Waals surface area contributed by atoms with Crippen molar-refractivity contribution in [2.45, 2.75) is 18.9 Å². The molecule has 0 saturated carbocycles. The molecule has 98 valence electrons. The van der Waals surface area contributed by atoms with Gasteiger partial charge in [0.15, 0.2) is 0 Å². The van der Waals surface area contributed by atoms with Crippen molar-refractivity contribution in [3.8, 4) is 0 Å². The maximum Gasteiger partial charge on any atom is 0.490 e. The Morgan fingerprint density at radius 2 is 1.94 bits per heavy atom. The van der Waals surface area contributed by atoms with Crippen molar-refractivity contribution in [3.63, 3.8) is 0 Å². The smallest absolute Gasteiger partial charge is 0.423 e. The fourth-order valence-corrected chi connectivity index (χ4v) is 2.35. The highest BCUT2D eigenvalue weighted by molar-refractivity contribution is 6.58. The van der Waals surface area contributed by atoms with Gasteiger partial charge in [0.05, 0.1) is 0 Å². The second kappa shape index (κ2) is 5.69. The van der Waals surface area contributed by atoms with Crippen LogP contribution in [0.5, 0.6) is 0 Å². The highest BCUT2D eigenvalue weighted by Gasteiger charge is 2.21. The van der Waals surface area contributed by atoms with Crippen LogP contribution in [0.25, 0.3) is 0 Å². The number of anilines is 1. The van der Waals surface area contributed by atoms with Crippen molar-refractivity contribution in [1.29, 1.82) is 0 Å². The lowest BCUT2D eigenvalue weighted by molar-refractivity contribution is 0.249. The lowest BCUT2D eigenvalue weighted by Crippen LogP contribution is -2.42. The van der Waals surface area contributed by atoms with Crippen LogP contribution < -0.4 is 10.4 Å². The third kappa shape index (κ3) is 3.01. The Balaban J connectivity index is 1.97. The Kier molecular flexibility index (Phi) is 4.21. The van der Waals surface area contributed by atoms with Crippen LogP contribution in [0, 0.1) is 0 Å². The third-order valence-corrected chi connectivity index (χ3v) is 3.59. The molecule has 0 atom stereocenters. The maximum absolute atomic E-state index is 9.02. The van der Waals surface area contributed by atoms with Crippen molar-refractivity contribution >= 4 is 18.4 Å². The van der Waals surface area contributed by atoms with Crippen LogP contribution in [0.2, 0.25) is 0 Å². The molecule has 1 aromatic rings. The molecule has 2 N–H and O–H groups in total. The summed E-state index contributed by atoms with van der Waals surface area (Å²) in [7, 11) is 2.80. The molecule has 0 aromatic carbocycles. The molecule has 0 spiro atoms. The monoisotopic (exact) mass is 249 g/mol. The lowest BCUT2D eigenvalue weighted by Gasteiger charge is -2.35. The van der Waals surface area contributed by atoms with Gasteiger partial charge in [-0.05, 0) is 33.0 Å². The lowest BCUT2D eigenvalue weighted by atomic mass is 9.82. The van der Waals surface area contributed by atoms with Gasteiger partial charge >= 0.3 is 7.12 Å². The molecular formula is C12H20BN3O2. The second-order valence-corrected chi connectivity index (χ2v) is 5.01. The molecule has 0 aliphatic carbocycles. The van der Waals surface area contributed by atoms with Gasteiger partial charge in [0, 0.05) is 30.8 Å². The molecule has 0 radical (unpaired) electrons. The molecule has 1 saturated heterocycles. The SMILES string of the molecule is CN(C)C1CCN(c2ccc(B(O)O)cn2)CC1. The highest BCUT2D eigenvalue weighted by Crippen LogP contribution is 2.18. The molecule has 1 aliphatic rings. The number of hydrogen-bond acceptors (Lipinski definition) is 5. The second-order valence-electron chi connectivity index (χ2n) is 5.01. The average Bonchev–Trinajstić information content (AvgIpc) is 2.39. The quantitative estimate of drug-likeness (QED) is 0.693. The minimum absolute atomic E-state index is 0.432. The normalized spacial score (nSPS) is 17.3. The van der Waals surface area contributed by atoms with E-state index in [0.29, 0.717) is 11.5 Å². The van der Waals surface area contributed by atoms with E-state index >= 15 is 0 Å². The Morgan fingerprint density at radius 3 is 2.39 bits per heavy atom. The molecule has 0 amide bonds. The minimum Gasteiger partial charge on any atom is -0.423 e. The topological polar surface area (TPSA) is 59.8 Å². The Morgan fingerprint density at radius 1 is 1.28 bits per heavy atom. The molecular weight excluding hydrogens is 229 g/mol. The van der Waals surface area contributed by atoms with Crippen LogP contribution in [0.4, 0.5) is 5.82 Å². The van der Waals surface area contributed by atoms with Gasteiger partial charge in [-0.1, -0.05) is 6.07 Å². The van der Waals surface area contributed by atoms with Crippen LogP contribution in [0.15, 0.2) is 18.3 Å². The van der Waals surface area contributed by atoms with E-state index in [2.05, 4.69) is 28.9 Å². The zero-order chi connectivity index (χ0) is 13.1. The molecule has 0 unspecified atom stereocenters. The molecule has 1 aliphatic heterocycles. The summed E-state index contributed by atoms with van der Waals surface area (Å²) in [5.74, 6) is 0.914. The van der Waals surface area contributed by atoms with Gasteiger partial charge in [0.25, 0.3) is 0 Å². The van der Waals surface area contributed by atoms with Gasteiger partial charge in [-0.2, -0.15) is 0 Å². The first-order chi connectivity index (χ1) is 8.58. The van der Waals surface area contributed by atoms with Crippen molar-refractivity contribution in [1.82, 2.24) is 9.88 Å². The summed E-state index contributed by atoms with van der Waals surface area (Å²) in [6.07, 6.45) is 3.80. The van der Waals surface area contributed by atoms with E-state index < -0.39 is 7.12 Å². The summed E-state index contributed by atoms with van der Waals surface area (Å²) in [5, 5.41) is 18.0. The van der Waals surface area contributed by atoms with Gasteiger partial charge in [0.2, 0.25) is 0 Å². The maximum atomic E-state index is 9.02. The number of rotatable bonds is 3. The van der Waals surface area contributed by atoms with Crippen LogP contribution in [0.3, 0.4) is 0 Å². The largest absolute Gasteiger partial charge is 0.490 e. The minimum atomic E-state index is -1.44. The molecule has 1 aromatic heterocycles. The first-order valence-corrected chi connectivity index (χ1v) is 6.31. The fourth-order valence-electron chi connectivity index (χ4n) is 2.35. The predicted molar refractivity (Wildman–Crippen MR) is 73.0 cm³/mol. The first-order valence-electron chi connectivity index (χ1n) is 6.31. The molecule has 0 bridgehead atoms. The first kappa shape index (κ1) is 13.3. The van der Waals surface area contributed by atoms with E-state index in [1.807, 2.05) is 6.07 Å². The Bertz CT molecular complexity index is 375. The van der Waals surface area contributed by atoms with Crippen molar-refractivity contribution in [2.24, 2.45) is 0 Å². The van der Waals surface area contributed by atoms with Crippen LogP contribution in [0.1, 0.15) is 12.8 Å². The summed E-state index contributed by atoms with van der Waals surface area (Å²) in [4.78, 5) is 8.80. The van der Waals surface area contributed by atoms with Gasteiger partial charge in [-0.15, -0.1) is 0 Å². The van der Waals surface area contributed by atoms with Crippen molar-refractivity contribution in [3.05, 3.63) is 18.3 Å². The standard InChI is InChI=1S/C12H20BN3O2/c1-15(2)11-5-7-16(8-6-11)12-4-3-10(9-14-12)13(17)18/h3-4,9,11,17-18H,5-8H2,1-2H3. The van der Waals surface area contributed by atoms with Crippen LogP contribution in [-0.4, -0.2) is 60.3 Å². The molecule has 2 rings (SSSR count). The number of pyridine rings is 1. The number of piperidine rings is 1. The van der Waals surface area contributed by atoms with E-state index in [1.165, 1.54) is 6.20 Å². The number of aromatic nitrogens is 1. The average molecular weight is 249 g/mol. The van der Waals surface area contributed by atoms with Gasteiger partial charge in [0.1, 0.15) is 5.82 Å². The van der Waals surface area contributed by atoms with E-state index in [1.54, 1.807) is 6.07 Å². The van der Waals surface area contributed by atoms with Crippen molar-refractivity contribution in [2.75, 3.05) is 32.1 Å². The zero-order valence-electron chi connectivity index (χ0n) is 11.0. The molecule has 1 fully saturated rings. The zero-order valence-corrected chi connectivity index (χ0v) is 11.0. The summed E-state index contributed by atoms with van der Waals surface area (Å²) in [5.41, 5.74) is 0.432. The summed E-state index contributed by atoms with van der Waals surface area (Å²) < 4.78 is 0. The molecule has 18 heavy (non-hydrogen) atoms. The highest BCUT2D eigenvalue weighted by atomic mass is 16.4. The summed E-state index contributed by atoms with van der Waals surface area (Å²) >= 11 is 0. The molecule has 5 nitrogen and oxygen atoms in total. The van der Waals surface area contributed by atoms with E-state index in [9.17, 15) is 0 Å². The summed E-state index contributed by atoms with van der Waals surface area (Å²) in [6, 6.07) is 4.22. The van der Waals surface area contributed by atoms with Crippen LogP contribution in [-0.2, 0) is 0 Å². The molecule has 2 heterocycles. The van der Waals surface area contributed by atoms with E-state index in [4.69, 9.17) is 10.0 Å².